The third-order valence-electron chi connectivity index (χ3n) is 19.4. The predicted octanol–water partition coefficient (Wildman–Crippen LogP) is 24.2. The Balaban J connectivity index is 0.000000155. The lowest BCUT2D eigenvalue weighted by molar-refractivity contribution is -0.138. The van der Waals surface area contributed by atoms with Gasteiger partial charge in [-0.1, -0.05) is 149 Å². The predicted molar refractivity (Wildman–Crippen MR) is 475 cm³/mol. The number of carbonyl (C=O) groups is 5. The molecule has 1 aliphatic rings. The minimum atomic E-state index is -4.48. The summed E-state index contributed by atoms with van der Waals surface area (Å²) in [6.07, 6.45) is 5.36. The molecule has 0 spiro atoms. The van der Waals surface area contributed by atoms with Crippen LogP contribution in [0.1, 0.15) is 85.9 Å². The van der Waals surface area contributed by atoms with Gasteiger partial charge in [-0.2, -0.15) is 39.5 Å². The number of terminal acetylenes is 1. The van der Waals surface area contributed by atoms with Gasteiger partial charge >= 0.3 is 18.5 Å². The molecule has 1 amide bonds. The largest absolute Gasteiger partial charge is 0.489 e. The van der Waals surface area contributed by atoms with Crippen molar-refractivity contribution in [2.24, 2.45) is 0 Å². The molecule has 0 radical (unpaired) electrons. The summed E-state index contributed by atoms with van der Waals surface area (Å²) < 4.78 is 166. The van der Waals surface area contributed by atoms with E-state index in [1.165, 1.54) is 62.3 Å². The third-order valence-corrected chi connectivity index (χ3v) is 20.3. The van der Waals surface area contributed by atoms with Gasteiger partial charge in [-0.3, -0.25) is 42.2 Å². The maximum atomic E-state index is 13.4. The van der Waals surface area contributed by atoms with Crippen LogP contribution in [0.3, 0.4) is 0 Å². The lowest BCUT2D eigenvalue weighted by Crippen LogP contribution is -2.26. The molecule has 5 heterocycles. The number of fused-ring (bicyclic) bond motifs is 5. The van der Waals surface area contributed by atoms with E-state index in [0.29, 0.717) is 92.2 Å². The van der Waals surface area contributed by atoms with Crippen LogP contribution in [-0.2, 0) is 62.8 Å². The number of hydrogen-bond acceptors (Lipinski definition) is 10. The molecule has 10 aromatic carbocycles. The molecular weight excluding hydrogens is 1660 g/mol. The molecular formula is C101H83F10N5O10Si. The maximum absolute atomic E-state index is 13.4. The number of benzene rings is 10. The minimum absolute atomic E-state index is 0.00947. The van der Waals surface area contributed by atoms with Crippen LogP contribution in [0.25, 0.3) is 43.6 Å². The Bertz CT molecular complexity index is 6600. The maximum Gasteiger partial charge on any atom is 0.416 e. The zero-order valence-electron chi connectivity index (χ0n) is 69.2. The van der Waals surface area contributed by atoms with Crippen LogP contribution in [0.2, 0.25) is 19.6 Å². The lowest BCUT2D eigenvalue weighted by atomic mass is 10.1. The van der Waals surface area contributed by atoms with E-state index in [1.807, 2.05) is 98.5 Å². The number of aryl methyl sites for hydroxylation is 1. The molecule has 646 valence electrons. The Hall–Kier alpha value is -15.2. The van der Waals surface area contributed by atoms with Crippen molar-refractivity contribution in [1.29, 1.82) is 0 Å². The summed E-state index contributed by atoms with van der Waals surface area (Å²) in [6, 6.07) is 61.3. The molecule has 0 atom stereocenters. The first kappa shape index (κ1) is 92.6. The number of amides is 1. The summed E-state index contributed by atoms with van der Waals surface area (Å²) in [4.78, 5) is 60.9. The summed E-state index contributed by atoms with van der Waals surface area (Å²) in [6.45, 7) is 26.3. The van der Waals surface area contributed by atoms with Crippen molar-refractivity contribution in [3.05, 3.63) is 385 Å². The van der Waals surface area contributed by atoms with E-state index in [1.54, 1.807) is 132 Å². The molecule has 127 heavy (non-hydrogen) atoms. The first-order valence-corrected chi connectivity index (χ1v) is 42.7. The van der Waals surface area contributed by atoms with Gasteiger partial charge < -0.3 is 28.6 Å². The molecule has 1 aliphatic heterocycles. The van der Waals surface area contributed by atoms with Crippen molar-refractivity contribution >= 4 is 86.9 Å². The van der Waals surface area contributed by atoms with E-state index in [0.717, 1.165) is 86.3 Å². The normalized spacial score (nSPS) is 11.6. The molecule has 0 unspecified atom stereocenters. The van der Waals surface area contributed by atoms with Gasteiger partial charge in [-0.25, -0.2) is 4.39 Å². The smallest absolute Gasteiger partial charge is 0.416 e. The zero-order chi connectivity index (χ0) is 91.5. The number of nitrogens with zero attached hydrogens (tertiary/aromatic N) is 5. The van der Waals surface area contributed by atoms with E-state index in [2.05, 4.69) is 50.3 Å². The minimum Gasteiger partial charge on any atom is -0.489 e. The van der Waals surface area contributed by atoms with Crippen LogP contribution >= 0.6 is 0 Å². The first-order valence-electron chi connectivity index (χ1n) is 39.2. The number of aromatic nitrogens is 4. The molecule has 0 aliphatic carbocycles. The van der Waals surface area contributed by atoms with Crippen LogP contribution in [0.5, 0.6) is 28.7 Å². The Morgan fingerprint density at radius 1 is 0.394 bits per heavy atom. The molecule has 14 aromatic rings. The van der Waals surface area contributed by atoms with Crippen molar-refractivity contribution in [2.45, 2.75) is 84.5 Å². The summed E-state index contributed by atoms with van der Waals surface area (Å²) in [5.74, 6) is 6.65. The van der Waals surface area contributed by atoms with E-state index < -0.39 is 43.3 Å². The van der Waals surface area contributed by atoms with Gasteiger partial charge in [0.2, 0.25) is 5.91 Å². The fraction of sp³-hybridized carbons (Fsp3) is 0.139. The molecule has 0 bridgehead atoms. The van der Waals surface area contributed by atoms with Gasteiger partial charge in [0.05, 0.1) is 44.4 Å². The number of hydrogen-bond donors (Lipinski definition) is 0. The number of alkyl halides is 9. The van der Waals surface area contributed by atoms with Crippen LogP contribution in [-0.4, -0.2) is 62.4 Å². The molecule has 4 aromatic heterocycles. The van der Waals surface area contributed by atoms with Crippen molar-refractivity contribution in [3.8, 4) is 52.6 Å². The summed E-state index contributed by atoms with van der Waals surface area (Å²) in [5.41, 5.74) is 9.22. The number of rotatable bonds is 20. The summed E-state index contributed by atoms with van der Waals surface area (Å²) >= 11 is 0. The van der Waals surface area contributed by atoms with Gasteiger partial charge in [0, 0.05) is 69.6 Å². The fourth-order valence-electron chi connectivity index (χ4n) is 13.5. The summed E-state index contributed by atoms with van der Waals surface area (Å²) in [7, 11) is -1.74. The molecule has 26 heteroatoms. The standard InChI is InChI=1S/C24H22F3NO2Si.C21H16F3NO2.C20H16F3NO2.C18H14FNO2.C18H15NO2/c1-5-23(29)28-11-9-20-21(28)7-6-8-22(20)30-16-18-13-17(10-12-31(2,3)4)14-19(15-18)24(25,26)27;1-3-14-10-15(12-16(11-14)21(22,23)24)13-27-19-7-5-6-18-17(19)8-9-25(18)20(26)4-2;1-3-19(25)24-8-7-16-17(24)5-4-6-18(16)26-12-14-9-13(2)10-15(11-14)20(21,22)23;1-2-18(21)20-10-9-15-16(20)7-4-8-17(15)22-12-13-5-3-6-14(19)11-13;1-2-18(20)19-12-11-15-16(19)9-6-10-17(15)21-13-14-7-4-3-5-8-14/h5-9,11,13-15H,1,16H2,2-4H3;1,4-7,10-12H,2,8-9,13H2;3-11H,1,12H2,2H3;2-11H,1,12H2;2-12H,1,13H2. The third kappa shape index (κ3) is 23.8. The summed E-state index contributed by atoms with van der Waals surface area (Å²) in [5, 5.41) is 3.13. The van der Waals surface area contributed by atoms with Crippen molar-refractivity contribution in [1.82, 2.24) is 18.3 Å². The van der Waals surface area contributed by atoms with Crippen molar-refractivity contribution < 1.29 is 91.6 Å². The average Bonchev–Trinajstić information content (AvgIpc) is 1.68. The average molecular weight is 1740 g/mol. The fourth-order valence-corrected chi connectivity index (χ4v) is 14.0. The van der Waals surface area contributed by atoms with E-state index >= 15 is 0 Å². The molecule has 15 nitrogen and oxygen atoms in total. The highest BCUT2D eigenvalue weighted by Crippen LogP contribution is 2.39. The molecule has 15 rings (SSSR count). The Labute approximate surface area is 726 Å². The van der Waals surface area contributed by atoms with Crippen LogP contribution in [0.4, 0.5) is 49.6 Å². The van der Waals surface area contributed by atoms with E-state index in [4.69, 9.17) is 30.1 Å². The van der Waals surface area contributed by atoms with Gasteiger partial charge in [0.25, 0.3) is 23.6 Å². The monoisotopic (exact) mass is 1740 g/mol. The molecule has 0 fully saturated rings. The Kier molecular flexibility index (Phi) is 29.8. The van der Waals surface area contributed by atoms with E-state index in [9.17, 15) is 67.9 Å². The van der Waals surface area contributed by atoms with Crippen LogP contribution in [0, 0.1) is 36.5 Å². The second-order valence-electron chi connectivity index (χ2n) is 29.6. The first-order chi connectivity index (χ1) is 60.6. The highest BCUT2D eigenvalue weighted by atomic mass is 28.3. The highest BCUT2D eigenvalue weighted by Gasteiger charge is 2.34. The number of ether oxygens (including phenoxy) is 5. The van der Waals surface area contributed by atoms with E-state index in [-0.39, 0.29) is 67.3 Å². The van der Waals surface area contributed by atoms with Crippen molar-refractivity contribution in [3.63, 3.8) is 0 Å². The van der Waals surface area contributed by atoms with Crippen LogP contribution < -0.4 is 28.6 Å². The topological polar surface area (TPSA) is 154 Å². The van der Waals surface area contributed by atoms with Gasteiger partial charge in [0.15, 0.2) is 0 Å². The van der Waals surface area contributed by atoms with Gasteiger partial charge in [-0.15, -0.1) is 12.0 Å². The van der Waals surface area contributed by atoms with Crippen LogP contribution in [0.15, 0.2) is 313 Å². The second-order valence-corrected chi connectivity index (χ2v) is 34.4. The lowest BCUT2D eigenvalue weighted by Gasteiger charge is -2.16. The SMILES string of the molecule is C#Cc1cc(COc2cccc3c2CCN3C(=O)C=C)cc(C(F)(F)F)c1.C=CC(=O)n1ccc2c(OCc3cc(C#C[Si](C)(C)C)cc(C(F)(F)F)c3)cccc21.C=CC(=O)n1ccc2c(OCc3cc(C)cc(C(F)(F)F)c3)cccc21.C=CC(=O)n1ccc2c(OCc3cccc(F)c3)cccc21.C=CC(=O)n1ccc2c(OCc3ccccc3)cccc21. The van der Waals surface area contributed by atoms with Crippen molar-refractivity contribution in [2.75, 3.05) is 11.4 Å². The highest BCUT2D eigenvalue weighted by molar-refractivity contribution is 6.83. The Morgan fingerprint density at radius 3 is 1.13 bits per heavy atom. The zero-order valence-corrected chi connectivity index (χ0v) is 70.2. The molecule has 0 saturated carbocycles. The number of allylic oxidation sites excluding steroid dienone is 4. The Morgan fingerprint density at radius 2 is 0.740 bits per heavy atom. The quantitative estimate of drug-likeness (QED) is 0.0312. The molecule has 0 N–H and O–H groups in total. The second kappa shape index (κ2) is 40.9. The number of anilines is 1. The molecule has 0 saturated heterocycles. The van der Waals surface area contributed by atoms with Gasteiger partial charge in [-0.05, 0) is 217 Å². The van der Waals surface area contributed by atoms with Gasteiger partial charge in [0.1, 0.15) is 75.7 Å². The number of carbonyl (C=O) groups excluding carboxylic acids is 5. The number of halogens is 10.